The molecule has 4 aliphatic rings. The van der Waals surface area contributed by atoms with Crippen LogP contribution >= 0.6 is 0 Å². The van der Waals surface area contributed by atoms with E-state index in [9.17, 15) is 19.5 Å². The number of nitrogens with one attached hydrogen (secondary N) is 1. The highest BCUT2D eigenvalue weighted by Gasteiger charge is 2.47. The van der Waals surface area contributed by atoms with Gasteiger partial charge in [-0.3, -0.25) is 14.4 Å². The second kappa shape index (κ2) is 6.72. The number of nitrogens with zero attached hydrogens (tertiary/aromatic N) is 1. The van der Waals surface area contributed by atoms with E-state index in [0.717, 1.165) is 25.8 Å². The molecule has 0 aromatic heterocycles. The maximum atomic E-state index is 12.5. The lowest BCUT2D eigenvalue weighted by Crippen LogP contribution is -2.49. The van der Waals surface area contributed by atoms with Crippen LogP contribution in [0.3, 0.4) is 0 Å². The van der Waals surface area contributed by atoms with Gasteiger partial charge in [0.2, 0.25) is 11.8 Å². The van der Waals surface area contributed by atoms with Crippen molar-refractivity contribution >= 4 is 17.8 Å². The SMILES string of the molecule is O=C(O)[C@H]1[C@H](C(=O)NCCCN2CCCC2=O)[C@H]2C=C[C@H]1CC2. The molecule has 4 atom stereocenters. The van der Waals surface area contributed by atoms with E-state index in [1.807, 2.05) is 17.1 Å². The van der Waals surface area contributed by atoms with Gasteiger partial charge in [0.25, 0.3) is 0 Å². The quantitative estimate of drug-likeness (QED) is 0.565. The molecular formula is C17H24N2O4. The molecule has 6 heteroatoms. The number of rotatable bonds is 6. The van der Waals surface area contributed by atoms with Crippen LogP contribution in [0.2, 0.25) is 0 Å². The molecule has 2 bridgehead atoms. The molecule has 1 saturated carbocycles. The number of carbonyl (C=O) groups is 3. The summed E-state index contributed by atoms with van der Waals surface area (Å²) in [5.41, 5.74) is 0. The minimum Gasteiger partial charge on any atom is -0.481 e. The number of carbonyl (C=O) groups excluding carboxylic acids is 2. The molecular weight excluding hydrogens is 296 g/mol. The Kier molecular flexibility index (Phi) is 4.68. The first-order valence-corrected chi connectivity index (χ1v) is 8.54. The van der Waals surface area contributed by atoms with Gasteiger partial charge in [-0.05, 0) is 37.5 Å². The number of likely N-dealkylation sites (tertiary alicyclic amines) is 1. The Bertz CT molecular complexity index is 531. The Morgan fingerprint density at radius 1 is 1.22 bits per heavy atom. The first kappa shape index (κ1) is 16.0. The van der Waals surface area contributed by atoms with Gasteiger partial charge >= 0.3 is 5.97 Å². The Hall–Kier alpha value is -1.85. The van der Waals surface area contributed by atoms with Crippen LogP contribution in [0.4, 0.5) is 0 Å². The van der Waals surface area contributed by atoms with Crippen LogP contribution in [-0.2, 0) is 14.4 Å². The lowest BCUT2D eigenvalue weighted by atomic mass is 9.62. The smallest absolute Gasteiger partial charge is 0.307 e. The van der Waals surface area contributed by atoms with Crippen LogP contribution in [0.5, 0.6) is 0 Å². The van der Waals surface area contributed by atoms with E-state index in [-0.39, 0.29) is 23.7 Å². The van der Waals surface area contributed by atoms with Gasteiger partial charge in [-0.25, -0.2) is 0 Å². The highest BCUT2D eigenvalue weighted by Crippen LogP contribution is 2.45. The van der Waals surface area contributed by atoms with Crippen LogP contribution in [0.1, 0.15) is 32.1 Å². The van der Waals surface area contributed by atoms with E-state index >= 15 is 0 Å². The molecule has 0 spiro atoms. The molecule has 4 rings (SSSR count). The van der Waals surface area contributed by atoms with E-state index in [0.29, 0.717) is 25.9 Å². The zero-order valence-electron chi connectivity index (χ0n) is 13.2. The molecule has 2 fully saturated rings. The van der Waals surface area contributed by atoms with Crippen LogP contribution in [-0.4, -0.2) is 47.4 Å². The van der Waals surface area contributed by atoms with Gasteiger partial charge < -0.3 is 15.3 Å². The molecule has 1 saturated heterocycles. The second-order valence-corrected chi connectivity index (χ2v) is 6.81. The molecule has 6 nitrogen and oxygen atoms in total. The van der Waals surface area contributed by atoms with Crippen molar-refractivity contribution in [2.45, 2.75) is 32.1 Å². The summed E-state index contributed by atoms with van der Waals surface area (Å²) in [7, 11) is 0. The summed E-state index contributed by atoms with van der Waals surface area (Å²) in [6.07, 6.45) is 8.00. The summed E-state index contributed by atoms with van der Waals surface area (Å²) in [6.45, 7) is 1.97. The first-order valence-electron chi connectivity index (χ1n) is 8.54. The Labute approximate surface area is 135 Å². The van der Waals surface area contributed by atoms with Gasteiger partial charge in [0.05, 0.1) is 11.8 Å². The fourth-order valence-electron chi connectivity index (χ4n) is 4.23. The summed E-state index contributed by atoms with van der Waals surface area (Å²) in [4.78, 5) is 37.4. The molecule has 0 aromatic rings. The molecule has 126 valence electrons. The normalized spacial score (nSPS) is 32.3. The number of aliphatic carboxylic acids is 1. The van der Waals surface area contributed by atoms with E-state index in [2.05, 4.69) is 5.32 Å². The predicted octanol–water partition coefficient (Wildman–Crippen LogP) is 1.03. The second-order valence-electron chi connectivity index (χ2n) is 6.81. The van der Waals surface area contributed by atoms with Crippen molar-refractivity contribution in [2.75, 3.05) is 19.6 Å². The van der Waals surface area contributed by atoms with Crippen molar-refractivity contribution in [3.8, 4) is 0 Å². The maximum absolute atomic E-state index is 12.5. The minimum absolute atomic E-state index is 0.0181. The van der Waals surface area contributed by atoms with E-state index < -0.39 is 17.8 Å². The summed E-state index contributed by atoms with van der Waals surface area (Å²) >= 11 is 0. The maximum Gasteiger partial charge on any atom is 0.307 e. The third-order valence-corrected chi connectivity index (χ3v) is 5.41. The number of hydrogen-bond donors (Lipinski definition) is 2. The Balaban J connectivity index is 1.50. The van der Waals surface area contributed by atoms with E-state index in [4.69, 9.17) is 0 Å². The lowest BCUT2D eigenvalue weighted by molar-refractivity contribution is -0.153. The van der Waals surface area contributed by atoms with Crippen molar-refractivity contribution in [1.82, 2.24) is 10.2 Å². The van der Waals surface area contributed by atoms with Crippen LogP contribution in [0, 0.1) is 23.7 Å². The topological polar surface area (TPSA) is 86.7 Å². The van der Waals surface area contributed by atoms with Gasteiger partial charge in [0.1, 0.15) is 0 Å². The number of hydrogen-bond acceptors (Lipinski definition) is 3. The highest BCUT2D eigenvalue weighted by atomic mass is 16.4. The van der Waals surface area contributed by atoms with Crippen LogP contribution in [0.25, 0.3) is 0 Å². The van der Waals surface area contributed by atoms with Gasteiger partial charge in [-0.15, -0.1) is 0 Å². The van der Waals surface area contributed by atoms with Crippen LogP contribution in [0.15, 0.2) is 12.2 Å². The van der Waals surface area contributed by atoms with Crippen molar-refractivity contribution < 1.29 is 19.5 Å². The Morgan fingerprint density at radius 3 is 2.48 bits per heavy atom. The fourth-order valence-corrected chi connectivity index (χ4v) is 4.23. The van der Waals surface area contributed by atoms with Gasteiger partial charge in [0.15, 0.2) is 0 Å². The van der Waals surface area contributed by atoms with Crippen molar-refractivity contribution in [3.05, 3.63) is 12.2 Å². The number of carboxylic acid groups (broad SMARTS) is 1. The number of allylic oxidation sites excluding steroid dienone is 2. The highest BCUT2D eigenvalue weighted by molar-refractivity contribution is 5.86. The predicted molar refractivity (Wildman–Crippen MR) is 83.4 cm³/mol. The fraction of sp³-hybridized carbons (Fsp3) is 0.706. The zero-order valence-corrected chi connectivity index (χ0v) is 13.2. The summed E-state index contributed by atoms with van der Waals surface area (Å²) in [5, 5.41) is 12.4. The average molecular weight is 320 g/mol. The summed E-state index contributed by atoms with van der Waals surface area (Å²) in [5.74, 6) is -1.85. The summed E-state index contributed by atoms with van der Waals surface area (Å²) < 4.78 is 0. The van der Waals surface area contributed by atoms with Gasteiger partial charge in [-0.1, -0.05) is 12.2 Å². The average Bonchev–Trinajstić information content (AvgIpc) is 2.96. The molecule has 2 N–H and O–H groups in total. The lowest BCUT2D eigenvalue weighted by Gasteiger charge is -2.41. The van der Waals surface area contributed by atoms with E-state index in [1.165, 1.54) is 0 Å². The molecule has 23 heavy (non-hydrogen) atoms. The Morgan fingerprint density at radius 2 is 1.91 bits per heavy atom. The number of fused-ring (bicyclic) bond motifs is 2. The standard InChI is InChI=1S/C17H24N2O4/c20-13-3-1-9-19(13)10-2-8-18-16(21)14-11-4-6-12(7-5-11)15(14)17(22)23/h4,6,11-12,14-15H,1-3,5,7-10H2,(H,18,21)(H,22,23)/t11-,12-,14+,15+/m0/s1. The van der Waals surface area contributed by atoms with Gasteiger partial charge in [0, 0.05) is 26.1 Å². The number of amides is 2. The van der Waals surface area contributed by atoms with Crippen molar-refractivity contribution in [1.29, 1.82) is 0 Å². The van der Waals surface area contributed by atoms with Crippen LogP contribution < -0.4 is 5.32 Å². The molecule has 0 radical (unpaired) electrons. The van der Waals surface area contributed by atoms with Crippen molar-refractivity contribution in [3.63, 3.8) is 0 Å². The zero-order chi connectivity index (χ0) is 16.4. The molecule has 2 amide bonds. The van der Waals surface area contributed by atoms with Gasteiger partial charge in [-0.2, -0.15) is 0 Å². The summed E-state index contributed by atoms with van der Waals surface area (Å²) in [6, 6.07) is 0. The first-order chi connectivity index (χ1) is 11.1. The molecule has 0 unspecified atom stereocenters. The molecule has 1 heterocycles. The molecule has 0 aromatic carbocycles. The monoisotopic (exact) mass is 320 g/mol. The molecule has 3 aliphatic carbocycles. The minimum atomic E-state index is -0.869. The largest absolute Gasteiger partial charge is 0.481 e. The van der Waals surface area contributed by atoms with Crippen molar-refractivity contribution in [2.24, 2.45) is 23.7 Å². The third kappa shape index (κ3) is 3.26. The third-order valence-electron chi connectivity index (χ3n) is 5.41. The number of carboxylic acids is 1. The van der Waals surface area contributed by atoms with E-state index in [1.54, 1.807) is 0 Å². The molecule has 1 aliphatic heterocycles.